The van der Waals surface area contributed by atoms with Crippen molar-refractivity contribution in [3.63, 3.8) is 0 Å². The normalized spacial score (nSPS) is 32.9. The minimum absolute atomic E-state index is 0.130. The van der Waals surface area contributed by atoms with Gasteiger partial charge in [-0.25, -0.2) is 0 Å². The van der Waals surface area contributed by atoms with Gasteiger partial charge in [-0.2, -0.15) is 0 Å². The first-order valence-electron chi connectivity index (χ1n) is 9.56. The molecule has 2 aromatic rings. The molecule has 4 heteroatoms. The fourth-order valence-corrected chi connectivity index (χ4v) is 5.99. The Kier molecular flexibility index (Phi) is 3.54. The van der Waals surface area contributed by atoms with E-state index in [0.29, 0.717) is 12.5 Å². The number of ether oxygens (including phenoxy) is 1. The minimum atomic E-state index is 0.130. The number of hydrogen-bond acceptors (Lipinski definition) is 3. The van der Waals surface area contributed by atoms with E-state index in [1.807, 2.05) is 18.2 Å². The summed E-state index contributed by atoms with van der Waals surface area (Å²) in [7, 11) is 1.64. The molecule has 3 aliphatic carbocycles. The predicted molar refractivity (Wildman–Crippen MR) is 95.4 cm³/mol. The van der Waals surface area contributed by atoms with E-state index < -0.39 is 0 Å². The highest BCUT2D eigenvalue weighted by Gasteiger charge is 2.53. The summed E-state index contributed by atoms with van der Waals surface area (Å²) in [5.74, 6) is 4.34. The molecule has 0 radical (unpaired) electrons. The van der Waals surface area contributed by atoms with Crippen molar-refractivity contribution >= 4 is 16.9 Å². The molecule has 0 spiro atoms. The van der Waals surface area contributed by atoms with Crippen LogP contribution in [-0.2, 0) is 11.2 Å². The van der Waals surface area contributed by atoms with Crippen LogP contribution < -0.4 is 10.1 Å². The Bertz CT molecular complexity index is 811. The molecule has 1 aromatic carbocycles. The number of rotatable bonds is 4. The van der Waals surface area contributed by atoms with Crippen molar-refractivity contribution in [3.05, 3.63) is 30.0 Å². The molecule has 0 saturated heterocycles. The second-order valence-corrected chi connectivity index (χ2v) is 8.13. The van der Waals surface area contributed by atoms with Gasteiger partial charge in [0.25, 0.3) is 0 Å². The van der Waals surface area contributed by atoms with Crippen LogP contribution in [0.1, 0.15) is 37.7 Å². The first-order valence-corrected chi connectivity index (χ1v) is 9.56. The molecule has 2 bridgehead atoms. The average molecular weight is 339 g/mol. The van der Waals surface area contributed by atoms with Crippen LogP contribution in [0.4, 0.5) is 0 Å². The number of amides is 1. The Morgan fingerprint density at radius 3 is 3.00 bits per heavy atom. The fourth-order valence-electron chi connectivity index (χ4n) is 5.99. The second-order valence-electron chi connectivity index (χ2n) is 8.13. The van der Waals surface area contributed by atoms with Gasteiger partial charge in [-0.1, -0.05) is 6.42 Å². The van der Waals surface area contributed by atoms with Gasteiger partial charge in [-0.05, 0) is 61.5 Å². The number of carbonyl (C=O) groups excluding carboxylic acids is 1. The van der Waals surface area contributed by atoms with Gasteiger partial charge in [0, 0.05) is 23.1 Å². The lowest BCUT2D eigenvalue weighted by atomic mass is 9.79. The fraction of sp³-hybridized carbons (Fsp3) is 0.571. The number of hydrogen-bond donors (Lipinski definition) is 1. The molecule has 3 fully saturated rings. The van der Waals surface area contributed by atoms with Crippen LogP contribution >= 0.6 is 0 Å². The van der Waals surface area contributed by atoms with Crippen LogP contribution in [0.25, 0.3) is 11.0 Å². The number of methoxy groups -OCH3 is 1. The van der Waals surface area contributed by atoms with E-state index in [0.717, 1.165) is 46.0 Å². The van der Waals surface area contributed by atoms with Crippen LogP contribution in [0.5, 0.6) is 5.75 Å². The van der Waals surface area contributed by atoms with E-state index in [9.17, 15) is 4.79 Å². The van der Waals surface area contributed by atoms with Crippen molar-refractivity contribution in [3.8, 4) is 5.75 Å². The molecule has 1 amide bonds. The molecule has 5 rings (SSSR count). The third kappa shape index (κ3) is 2.45. The van der Waals surface area contributed by atoms with Crippen molar-refractivity contribution in [2.24, 2.45) is 23.7 Å². The molecule has 5 atom stereocenters. The minimum Gasteiger partial charge on any atom is -0.497 e. The zero-order valence-corrected chi connectivity index (χ0v) is 14.7. The quantitative estimate of drug-likeness (QED) is 0.918. The SMILES string of the molecule is COc1ccc2c(CC(=O)NC3CC4CC3C3CCCC43)coc2c1. The van der Waals surface area contributed by atoms with Crippen LogP contribution in [0.15, 0.2) is 28.9 Å². The zero-order valence-electron chi connectivity index (χ0n) is 14.7. The van der Waals surface area contributed by atoms with Crippen molar-refractivity contribution in [1.82, 2.24) is 5.32 Å². The molecule has 25 heavy (non-hydrogen) atoms. The maximum Gasteiger partial charge on any atom is 0.224 e. The highest BCUT2D eigenvalue weighted by Crippen LogP contribution is 2.58. The highest BCUT2D eigenvalue weighted by atomic mass is 16.5. The molecule has 1 heterocycles. The summed E-state index contributed by atoms with van der Waals surface area (Å²) < 4.78 is 10.8. The van der Waals surface area contributed by atoms with Crippen molar-refractivity contribution < 1.29 is 13.9 Å². The molecule has 5 unspecified atom stereocenters. The summed E-state index contributed by atoms with van der Waals surface area (Å²) in [4.78, 5) is 12.6. The smallest absolute Gasteiger partial charge is 0.224 e. The van der Waals surface area contributed by atoms with E-state index in [4.69, 9.17) is 9.15 Å². The largest absolute Gasteiger partial charge is 0.497 e. The Morgan fingerprint density at radius 1 is 1.24 bits per heavy atom. The van der Waals surface area contributed by atoms with Crippen molar-refractivity contribution in [2.75, 3.05) is 7.11 Å². The van der Waals surface area contributed by atoms with Gasteiger partial charge < -0.3 is 14.5 Å². The van der Waals surface area contributed by atoms with Crippen LogP contribution in [0.2, 0.25) is 0 Å². The standard InChI is InChI=1S/C21H25NO3/c1-24-14-5-6-16-13(11-25-20(16)10-14)9-21(23)22-19-8-12-7-18(19)17-4-2-3-15(12)17/h5-6,10-12,15,17-19H,2-4,7-9H2,1H3,(H,22,23). The van der Waals surface area contributed by atoms with E-state index >= 15 is 0 Å². The summed E-state index contributed by atoms with van der Waals surface area (Å²) in [5.41, 5.74) is 1.73. The summed E-state index contributed by atoms with van der Waals surface area (Å²) in [6.45, 7) is 0. The molecule has 3 saturated carbocycles. The Morgan fingerprint density at radius 2 is 2.12 bits per heavy atom. The molecule has 4 nitrogen and oxygen atoms in total. The van der Waals surface area contributed by atoms with Crippen LogP contribution in [0.3, 0.4) is 0 Å². The van der Waals surface area contributed by atoms with Crippen molar-refractivity contribution in [2.45, 2.75) is 44.6 Å². The van der Waals surface area contributed by atoms with E-state index in [1.165, 1.54) is 32.1 Å². The molecule has 3 aliphatic rings. The first kappa shape index (κ1) is 15.3. The van der Waals surface area contributed by atoms with Gasteiger partial charge in [0.05, 0.1) is 19.8 Å². The molecule has 0 aliphatic heterocycles. The molecule has 1 aromatic heterocycles. The third-order valence-electron chi connectivity index (χ3n) is 6.99. The van der Waals surface area contributed by atoms with E-state index in [2.05, 4.69) is 5.32 Å². The summed E-state index contributed by atoms with van der Waals surface area (Å²) in [5, 5.41) is 4.34. The summed E-state index contributed by atoms with van der Waals surface area (Å²) in [6.07, 6.45) is 8.84. The van der Waals surface area contributed by atoms with Gasteiger partial charge in [0.15, 0.2) is 0 Å². The topological polar surface area (TPSA) is 51.5 Å². The molecular weight excluding hydrogens is 314 g/mol. The van der Waals surface area contributed by atoms with E-state index in [-0.39, 0.29) is 5.91 Å². The third-order valence-corrected chi connectivity index (χ3v) is 6.99. The Labute approximate surface area is 147 Å². The molecule has 1 N–H and O–H groups in total. The monoisotopic (exact) mass is 339 g/mol. The molecule has 132 valence electrons. The summed E-state index contributed by atoms with van der Waals surface area (Å²) in [6, 6.07) is 6.15. The molecular formula is C21H25NO3. The van der Waals surface area contributed by atoms with Crippen LogP contribution in [0, 0.1) is 23.7 Å². The highest BCUT2D eigenvalue weighted by molar-refractivity contribution is 5.88. The van der Waals surface area contributed by atoms with Gasteiger partial charge in [0.1, 0.15) is 11.3 Å². The van der Waals surface area contributed by atoms with Gasteiger partial charge in [-0.3, -0.25) is 4.79 Å². The maximum absolute atomic E-state index is 12.6. The Balaban J connectivity index is 1.27. The Hall–Kier alpha value is -1.97. The lowest BCUT2D eigenvalue weighted by molar-refractivity contribution is -0.121. The lowest BCUT2D eigenvalue weighted by Crippen LogP contribution is -2.43. The number of nitrogens with one attached hydrogen (secondary N) is 1. The van der Waals surface area contributed by atoms with E-state index in [1.54, 1.807) is 13.4 Å². The van der Waals surface area contributed by atoms with Crippen LogP contribution in [-0.4, -0.2) is 19.1 Å². The number of benzene rings is 1. The first-order chi connectivity index (χ1) is 12.2. The van der Waals surface area contributed by atoms with Gasteiger partial charge >= 0.3 is 0 Å². The number of fused-ring (bicyclic) bond motifs is 6. The van der Waals surface area contributed by atoms with Crippen molar-refractivity contribution in [1.29, 1.82) is 0 Å². The van der Waals surface area contributed by atoms with Gasteiger partial charge in [0.2, 0.25) is 5.91 Å². The average Bonchev–Trinajstić information content (AvgIpc) is 3.35. The zero-order chi connectivity index (χ0) is 17.0. The predicted octanol–water partition coefficient (Wildman–Crippen LogP) is 3.92. The number of furan rings is 1. The maximum atomic E-state index is 12.6. The second kappa shape index (κ2) is 5.79. The van der Waals surface area contributed by atoms with Gasteiger partial charge in [-0.15, -0.1) is 0 Å². The lowest BCUT2D eigenvalue weighted by Gasteiger charge is -2.32. The number of carbonyl (C=O) groups is 1. The summed E-state index contributed by atoms with van der Waals surface area (Å²) >= 11 is 0.